The molecule has 22 heavy (non-hydrogen) atoms. The van der Waals surface area contributed by atoms with Crippen molar-refractivity contribution in [2.75, 3.05) is 11.9 Å². The number of amides is 2. The maximum absolute atomic E-state index is 11.7. The van der Waals surface area contributed by atoms with E-state index in [1.54, 1.807) is 18.1 Å². The average Bonchev–Trinajstić information content (AvgIpc) is 2.50. The van der Waals surface area contributed by atoms with E-state index < -0.39 is 5.91 Å². The maximum Gasteiger partial charge on any atom is 0.251 e. The van der Waals surface area contributed by atoms with Crippen molar-refractivity contribution in [1.82, 2.24) is 4.98 Å². The second-order valence-corrected chi connectivity index (χ2v) is 5.59. The molecule has 0 aliphatic carbocycles. The summed E-state index contributed by atoms with van der Waals surface area (Å²) >= 11 is 6.27. The number of hydrogen-bond donors (Lipinski definition) is 1. The number of benzene rings is 1. The Labute approximate surface area is 132 Å². The predicted octanol–water partition coefficient (Wildman–Crippen LogP) is 2.41. The van der Waals surface area contributed by atoms with Crippen molar-refractivity contribution in [3.8, 4) is 11.1 Å². The molecule has 2 aromatic rings. The molecule has 1 aromatic heterocycles. The quantitative estimate of drug-likeness (QED) is 0.924. The van der Waals surface area contributed by atoms with Gasteiger partial charge in [0.1, 0.15) is 0 Å². The molecule has 0 saturated heterocycles. The molecule has 0 radical (unpaired) electrons. The number of nitrogens with two attached hydrogens (primary N) is 1. The minimum absolute atomic E-state index is 0.107. The Hall–Kier alpha value is -2.40. The topological polar surface area (TPSA) is 76.3 Å². The van der Waals surface area contributed by atoms with Gasteiger partial charge in [0, 0.05) is 37.1 Å². The molecule has 2 N–H and O–H groups in total. The molecular weight excluding hydrogens is 302 g/mol. The highest BCUT2D eigenvalue weighted by Gasteiger charge is 2.21. The zero-order valence-electron chi connectivity index (χ0n) is 12.0. The normalized spacial score (nSPS) is 13.9. The standard InChI is InChI=1S/C16H14ClN3O2/c1-20-13-4-2-9(6-10(13)3-5-14(20)21)11-7-19-8-12(15(11)17)16(18)22/h2,4,6-8H,3,5H2,1H3,(H2,18,22). The molecule has 0 atom stereocenters. The molecule has 1 aromatic carbocycles. The summed E-state index contributed by atoms with van der Waals surface area (Å²) < 4.78 is 0. The van der Waals surface area contributed by atoms with Gasteiger partial charge in [0.15, 0.2) is 0 Å². The van der Waals surface area contributed by atoms with Crippen LogP contribution < -0.4 is 10.6 Å². The Morgan fingerprint density at radius 3 is 2.82 bits per heavy atom. The van der Waals surface area contributed by atoms with Crippen LogP contribution in [-0.4, -0.2) is 23.8 Å². The van der Waals surface area contributed by atoms with Gasteiger partial charge in [-0.15, -0.1) is 0 Å². The summed E-state index contributed by atoms with van der Waals surface area (Å²) in [6, 6.07) is 5.72. The third-order valence-electron chi connectivity index (χ3n) is 3.88. The van der Waals surface area contributed by atoms with Crippen molar-refractivity contribution in [2.24, 2.45) is 5.73 Å². The zero-order chi connectivity index (χ0) is 15.9. The number of aromatic nitrogens is 1. The summed E-state index contributed by atoms with van der Waals surface area (Å²) in [5.74, 6) is -0.502. The fraction of sp³-hybridized carbons (Fsp3) is 0.188. The van der Waals surface area contributed by atoms with Crippen LogP contribution in [0.3, 0.4) is 0 Å². The van der Waals surface area contributed by atoms with Gasteiger partial charge in [-0.2, -0.15) is 0 Å². The first kappa shape index (κ1) is 14.5. The summed E-state index contributed by atoms with van der Waals surface area (Å²) in [6.45, 7) is 0. The Kier molecular flexibility index (Phi) is 3.58. The largest absolute Gasteiger partial charge is 0.366 e. The van der Waals surface area contributed by atoms with Crippen molar-refractivity contribution >= 4 is 29.1 Å². The fourth-order valence-corrected chi connectivity index (χ4v) is 2.94. The first-order valence-corrected chi connectivity index (χ1v) is 7.20. The third kappa shape index (κ3) is 2.33. The first-order valence-electron chi connectivity index (χ1n) is 6.82. The number of rotatable bonds is 2. The second-order valence-electron chi connectivity index (χ2n) is 5.21. The number of primary amides is 1. The number of nitrogens with zero attached hydrogens (tertiary/aromatic N) is 2. The number of halogens is 1. The number of fused-ring (bicyclic) bond motifs is 1. The lowest BCUT2D eigenvalue weighted by Gasteiger charge is -2.26. The SMILES string of the molecule is CN1C(=O)CCc2cc(-c3cncc(C(N)=O)c3Cl)ccc21. The Morgan fingerprint density at radius 1 is 1.32 bits per heavy atom. The highest BCUT2D eigenvalue weighted by molar-refractivity contribution is 6.36. The van der Waals surface area contributed by atoms with E-state index in [9.17, 15) is 9.59 Å². The van der Waals surface area contributed by atoms with Crippen LogP contribution in [0.15, 0.2) is 30.6 Å². The lowest BCUT2D eigenvalue weighted by Crippen LogP contribution is -2.30. The van der Waals surface area contributed by atoms with E-state index >= 15 is 0 Å². The molecule has 0 fully saturated rings. The summed E-state index contributed by atoms with van der Waals surface area (Å²) in [7, 11) is 1.77. The van der Waals surface area contributed by atoms with Gasteiger partial charge >= 0.3 is 0 Å². The number of anilines is 1. The average molecular weight is 316 g/mol. The van der Waals surface area contributed by atoms with Gasteiger partial charge in [-0.05, 0) is 29.7 Å². The first-order chi connectivity index (χ1) is 10.5. The van der Waals surface area contributed by atoms with Crippen molar-refractivity contribution < 1.29 is 9.59 Å². The summed E-state index contributed by atoms with van der Waals surface area (Å²) in [6.07, 6.45) is 4.14. The molecule has 5 nitrogen and oxygen atoms in total. The zero-order valence-corrected chi connectivity index (χ0v) is 12.7. The van der Waals surface area contributed by atoms with Crippen molar-refractivity contribution in [1.29, 1.82) is 0 Å². The van der Waals surface area contributed by atoms with Crippen LogP contribution in [0.4, 0.5) is 5.69 Å². The van der Waals surface area contributed by atoms with E-state index in [0.29, 0.717) is 23.4 Å². The molecule has 1 aliphatic rings. The Morgan fingerprint density at radius 2 is 2.09 bits per heavy atom. The van der Waals surface area contributed by atoms with Crippen molar-refractivity contribution in [2.45, 2.75) is 12.8 Å². The minimum atomic E-state index is -0.609. The number of pyridine rings is 1. The predicted molar refractivity (Wildman–Crippen MR) is 84.9 cm³/mol. The molecule has 1 aliphatic heterocycles. The number of aryl methyl sites for hydroxylation is 1. The molecule has 112 valence electrons. The van der Waals surface area contributed by atoms with Gasteiger partial charge in [0.05, 0.1) is 10.6 Å². The molecule has 0 saturated carbocycles. The molecular formula is C16H14ClN3O2. The second kappa shape index (κ2) is 5.42. The van der Waals surface area contributed by atoms with Crippen LogP contribution in [0, 0.1) is 0 Å². The monoisotopic (exact) mass is 315 g/mol. The van der Waals surface area contributed by atoms with E-state index in [0.717, 1.165) is 16.8 Å². The summed E-state index contributed by atoms with van der Waals surface area (Å²) in [4.78, 5) is 28.8. The van der Waals surface area contributed by atoms with E-state index in [-0.39, 0.29) is 11.5 Å². The van der Waals surface area contributed by atoms with Gasteiger partial charge in [-0.1, -0.05) is 17.7 Å². The lowest BCUT2D eigenvalue weighted by atomic mass is 9.96. The van der Waals surface area contributed by atoms with Gasteiger partial charge in [0.25, 0.3) is 5.91 Å². The van der Waals surface area contributed by atoms with Gasteiger partial charge < -0.3 is 10.6 Å². The smallest absolute Gasteiger partial charge is 0.251 e. The summed E-state index contributed by atoms with van der Waals surface area (Å²) in [5, 5.41) is 0.294. The number of hydrogen-bond acceptors (Lipinski definition) is 3. The molecule has 3 rings (SSSR count). The highest BCUT2D eigenvalue weighted by Crippen LogP contribution is 2.34. The van der Waals surface area contributed by atoms with Crippen molar-refractivity contribution in [3.05, 3.63) is 46.7 Å². The van der Waals surface area contributed by atoms with Crippen LogP contribution in [0.1, 0.15) is 22.3 Å². The van der Waals surface area contributed by atoms with E-state index in [4.69, 9.17) is 17.3 Å². The Bertz CT molecular complexity index is 789. The Balaban J connectivity index is 2.10. The van der Waals surface area contributed by atoms with E-state index in [1.165, 1.54) is 6.20 Å². The molecule has 0 unspecified atom stereocenters. The van der Waals surface area contributed by atoms with Gasteiger partial charge in [-0.25, -0.2) is 0 Å². The number of carbonyl (C=O) groups is 2. The fourth-order valence-electron chi connectivity index (χ4n) is 2.64. The molecule has 2 heterocycles. The number of carbonyl (C=O) groups excluding carboxylic acids is 2. The van der Waals surface area contributed by atoms with Crippen LogP contribution in [0.25, 0.3) is 11.1 Å². The van der Waals surface area contributed by atoms with Crippen LogP contribution in [0.5, 0.6) is 0 Å². The molecule has 2 amide bonds. The third-order valence-corrected chi connectivity index (χ3v) is 4.29. The van der Waals surface area contributed by atoms with Crippen LogP contribution in [-0.2, 0) is 11.2 Å². The molecule has 0 spiro atoms. The molecule has 6 heteroatoms. The lowest BCUT2D eigenvalue weighted by molar-refractivity contribution is -0.118. The summed E-state index contributed by atoms with van der Waals surface area (Å²) in [5.41, 5.74) is 8.97. The van der Waals surface area contributed by atoms with Gasteiger partial charge in [0.2, 0.25) is 5.91 Å². The van der Waals surface area contributed by atoms with Crippen LogP contribution in [0.2, 0.25) is 5.02 Å². The minimum Gasteiger partial charge on any atom is -0.366 e. The van der Waals surface area contributed by atoms with E-state index in [1.807, 2.05) is 18.2 Å². The van der Waals surface area contributed by atoms with Crippen LogP contribution >= 0.6 is 11.6 Å². The highest BCUT2D eigenvalue weighted by atomic mass is 35.5. The van der Waals surface area contributed by atoms with E-state index in [2.05, 4.69) is 4.98 Å². The maximum atomic E-state index is 11.7. The van der Waals surface area contributed by atoms with Gasteiger partial charge in [-0.3, -0.25) is 14.6 Å². The molecule has 0 bridgehead atoms. The van der Waals surface area contributed by atoms with Crippen molar-refractivity contribution in [3.63, 3.8) is 0 Å².